The van der Waals surface area contributed by atoms with Crippen LogP contribution in [0.15, 0.2) is 0 Å². The van der Waals surface area contributed by atoms with Crippen molar-refractivity contribution in [2.24, 2.45) is 23.7 Å². The Morgan fingerprint density at radius 3 is 2.32 bits per heavy atom. The second-order valence-corrected chi connectivity index (χ2v) is 7.02. The first-order chi connectivity index (χ1) is 8.95. The van der Waals surface area contributed by atoms with Crippen molar-refractivity contribution in [3.8, 4) is 0 Å². The van der Waals surface area contributed by atoms with Crippen LogP contribution in [0.4, 0.5) is 0 Å². The first kappa shape index (κ1) is 14.8. The van der Waals surface area contributed by atoms with Gasteiger partial charge in [-0.1, -0.05) is 41.0 Å². The van der Waals surface area contributed by atoms with E-state index in [0.717, 1.165) is 18.9 Å². The average molecular weight is 266 g/mol. The fourth-order valence-electron chi connectivity index (χ4n) is 3.18. The van der Waals surface area contributed by atoms with Crippen molar-refractivity contribution < 1.29 is 4.79 Å². The normalized spacial score (nSPS) is 31.1. The van der Waals surface area contributed by atoms with E-state index in [1.54, 1.807) is 0 Å². The quantitative estimate of drug-likeness (QED) is 0.802. The van der Waals surface area contributed by atoms with Crippen LogP contribution in [-0.4, -0.2) is 29.6 Å². The van der Waals surface area contributed by atoms with Gasteiger partial charge in [0.15, 0.2) is 0 Å². The second kappa shape index (κ2) is 5.82. The molecule has 3 heteroatoms. The predicted octanol–water partition coefficient (Wildman–Crippen LogP) is 2.86. The summed E-state index contributed by atoms with van der Waals surface area (Å²) in [7, 11) is 0. The van der Waals surface area contributed by atoms with Gasteiger partial charge in [-0.3, -0.25) is 10.1 Å². The molecule has 110 valence electrons. The molecule has 1 aliphatic carbocycles. The standard InChI is InChI=1S/C16H30N2O/c1-6-11(4)14-16(19)18(15(17-14)10(2)3)9-12(5)13-7-8-13/h10-15,17H,6-9H2,1-5H3. The van der Waals surface area contributed by atoms with Crippen LogP contribution >= 0.6 is 0 Å². The number of carbonyl (C=O) groups is 1. The molecule has 2 rings (SSSR count). The number of nitrogens with zero attached hydrogens (tertiary/aromatic N) is 1. The smallest absolute Gasteiger partial charge is 0.241 e. The van der Waals surface area contributed by atoms with E-state index in [-0.39, 0.29) is 12.2 Å². The monoisotopic (exact) mass is 266 g/mol. The minimum Gasteiger partial charge on any atom is -0.325 e. The zero-order valence-corrected chi connectivity index (χ0v) is 13.1. The Labute approximate surface area is 118 Å². The van der Waals surface area contributed by atoms with E-state index in [9.17, 15) is 4.79 Å². The van der Waals surface area contributed by atoms with Gasteiger partial charge in [-0.15, -0.1) is 0 Å². The van der Waals surface area contributed by atoms with Gasteiger partial charge < -0.3 is 4.90 Å². The molecule has 1 aliphatic heterocycles. The van der Waals surface area contributed by atoms with Gasteiger partial charge in [-0.25, -0.2) is 0 Å². The number of nitrogens with one attached hydrogen (secondary N) is 1. The largest absolute Gasteiger partial charge is 0.325 e. The number of carbonyl (C=O) groups excluding carboxylic acids is 1. The third kappa shape index (κ3) is 3.13. The van der Waals surface area contributed by atoms with Crippen molar-refractivity contribution in [3.63, 3.8) is 0 Å². The van der Waals surface area contributed by atoms with Crippen molar-refractivity contribution in [1.29, 1.82) is 0 Å². The van der Waals surface area contributed by atoms with Crippen LogP contribution in [-0.2, 0) is 4.79 Å². The zero-order valence-electron chi connectivity index (χ0n) is 13.1. The second-order valence-electron chi connectivity index (χ2n) is 7.02. The van der Waals surface area contributed by atoms with E-state index < -0.39 is 0 Å². The summed E-state index contributed by atoms with van der Waals surface area (Å²) in [6, 6.07) is 0.0313. The van der Waals surface area contributed by atoms with Crippen LogP contribution in [0, 0.1) is 23.7 Å². The molecular formula is C16H30N2O. The summed E-state index contributed by atoms with van der Waals surface area (Å²) >= 11 is 0. The molecule has 1 saturated heterocycles. The lowest BCUT2D eigenvalue weighted by Crippen LogP contribution is -2.43. The summed E-state index contributed by atoms with van der Waals surface area (Å²) in [6.45, 7) is 12.0. The Morgan fingerprint density at radius 1 is 1.21 bits per heavy atom. The topological polar surface area (TPSA) is 32.3 Å². The molecule has 1 N–H and O–H groups in total. The summed E-state index contributed by atoms with van der Waals surface area (Å²) in [5.41, 5.74) is 0. The molecule has 1 heterocycles. The molecule has 19 heavy (non-hydrogen) atoms. The molecule has 0 aromatic heterocycles. The highest BCUT2D eigenvalue weighted by molar-refractivity contribution is 5.84. The van der Waals surface area contributed by atoms with Crippen LogP contribution in [0.25, 0.3) is 0 Å². The summed E-state index contributed by atoms with van der Waals surface area (Å²) in [5.74, 6) is 2.76. The maximum atomic E-state index is 12.7. The predicted molar refractivity (Wildman–Crippen MR) is 78.6 cm³/mol. The number of hydrogen-bond donors (Lipinski definition) is 1. The lowest BCUT2D eigenvalue weighted by molar-refractivity contribution is -0.132. The summed E-state index contributed by atoms with van der Waals surface area (Å²) in [4.78, 5) is 14.8. The highest BCUT2D eigenvalue weighted by atomic mass is 16.2. The fourth-order valence-corrected chi connectivity index (χ4v) is 3.18. The highest BCUT2D eigenvalue weighted by Gasteiger charge is 2.43. The maximum absolute atomic E-state index is 12.7. The number of amides is 1. The van der Waals surface area contributed by atoms with Gasteiger partial charge in [0.25, 0.3) is 0 Å². The Morgan fingerprint density at radius 2 is 1.84 bits per heavy atom. The van der Waals surface area contributed by atoms with Crippen molar-refractivity contribution in [2.45, 2.75) is 66.1 Å². The SMILES string of the molecule is CCC(C)C1NC(C(C)C)N(CC(C)C2CC2)C1=O. The molecule has 1 amide bonds. The number of rotatable bonds is 6. The van der Waals surface area contributed by atoms with Gasteiger partial charge in [0, 0.05) is 6.54 Å². The van der Waals surface area contributed by atoms with Crippen LogP contribution < -0.4 is 5.32 Å². The van der Waals surface area contributed by atoms with Gasteiger partial charge in [0.1, 0.15) is 0 Å². The molecule has 4 atom stereocenters. The van der Waals surface area contributed by atoms with Gasteiger partial charge in [-0.2, -0.15) is 0 Å². The van der Waals surface area contributed by atoms with E-state index in [0.29, 0.717) is 23.7 Å². The fraction of sp³-hybridized carbons (Fsp3) is 0.938. The van der Waals surface area contributed by atoms with Gasteiger partial charge in [0.05, 0.1) is 12.2 Å². The summed E-state index contributed by atoms with van der Waals surface area (Å²) in [6.07, 6.45) is 4.00. The van der Waals surface area contributed by atoms with Crippen molar-refractivity contribution >= 4 is 5.91 Å². The molecule has 2 fully saturated rings. The molecule has 2 aliphatic rings. The Bertz CT molecular complexity index is 325. The minimum absolute atomic E-state index is 0.0313. The van der Waals surface area contributed by atoms with E-state index in [1.807, 2.05) is 0 Å². The van der Waals surface area contributed by atoms with Gasteiger partial charge >= 0.3 is 0 Å². The molecule has 0 radical (unpaired) electrons. The van der Waals surface area contributed by atoms with Crippen LogP contribution in [0.1, 0.15) is 53.9 Å². The van der Waals surface area contributed by atoms with Crippen LogP contribution in [0.2, 0.25) is 0 Å². The molecule has 4 unspecified atom stereocenters. The Hall–Kier alpha value is -0.570. The van der Waals surface area contributed by atoms with Crippen molar-refractivity contribution in [2.75, 3.05) is 6.54 Å². The first-order valence-corrected chi connectivity index (χ1v) is 8.02. The molecule has 3 nitrogen and oxygen atoms in total. The van der Waals surface area contributed by atoms with Gasteiger partial charge in [0.2, 0.25) is 5.91 Å². The molecular weight excluding hydrogens is 236 g/mol. The maximum Gasteiger partial charge on any atom is 0.241 e. The van der Waals surface area contributed by atoms with Crippen LogP contribution in [0.3, 0.4) is 0 Å². The third-order valence-electron chi connectivity index (χ3n) is 4.99. The Balaban J connectivity index is 2.06. The van der Waals surface area contributed by atoms with Crippen molar-refractivity contribution in [3.05, 3.63) is 0 Å². The summed E-state index contributed by atoms with van der Waals surface area (Å²) < 4.78 is 0. The van der Waals surface area contributed by atoms with Crippen LogP contribution in [0.5, 0.6) is 0 Å². The molecule has 0 bridgehead atoms. The number of hydrogen-bond acceptors (Lipinski definition) is 2. The molecule has 1 saturated carbocycles. The van der Waals surface area contributed by atoms with E-state index in [4.69, 9.17) is 0 Å². The highest BCUT2D eigenvalue weighted by Crippen LogP contribution is 2.38. The average Bonchev–Trinajstić information content (AvgIpc) is 3.16. The zero-order chi connectivity index (χ0) is 14.2. The molecule has 0 spiro atoms. The third-order valence-corrected chi connectivity index (χ3v) is 4.99. The molecule has 0 aromatic rings. The first-order valence-electron chi connectivity index (χ1n) is 8.02. The van der Waals surface area contributed by atoms with E-state index in [1.165, 1.54) is 12.8 Å². The lowest BCUT2D eigenvalue weighted by atomic mass is 9.99. The minimum atomic E-state index is 0.0313. The van der Waals surface area contributed by atoms with Crippen molar-refractivity contribution in [1.82, 2.24) is 10.2 Å². The molecule has 0 aromatic carbocycles. The summed E-state index contributed by atoms with van der Waals surface area (Å²) in [5, 5.41) is 3.58. The van der Waals surface area contributed by atoms with Gasteiger partial charge in [-0.05, 0) is 36.5 Å². The van der Waals surface area contributed by atoms with E-state index in [2.05, 4.69) is 44.8 Å². The Kier molecular flexibility index (Phi) is 4.54. The lowest BCUT2D eigenvalue weighted by Gasteiger charge is -2.29. The van der Waals surface area contributed by atoms with E-state index >= 15 is 0 Å².